The summed E-state index contributed by atoms with van der Waals surface area (Å²) >= 11 is 0. The topological polar surface area (TPSA) is 50.8 Å². The Morgan fingerprint density at radius 2 is 1.90 bits per heavy atom. The van der Waals surface area contributed by atoms with Gasteiger partial charge in [-0.2, -0.15) is 4.89 Å². The van der Waals surface area contributed by atoms with E-state index >= 15 is 0 Å². The fraction of sp³-hybridized carbons (Fsp3) is 0.375. The predicted octanol–water partition coefficient (Wildman–Crippen LogP) is 2.45. The minimum atomic E-state index is -0.823. The maximum absolute atomic E-state index is 11.5. The second-order valence-electron chi connectivity index (χ2n) is 6.23. The maximum Gasteiger partial charge on any atom is 0.258 e. The number of benzene rings is 2. The van der Waals surface area contributed by atoms with Crippen LogP contribution in [-0.4, -0.2) is 12.7 Å². The Bertz CT molecular complexity index is 694. The second-order valence-corrected chi connectivity index (χ2v) is 6.23. The average molecular weight is 271 g/mol. The van der Waals surface area contributed by atoms with Gasteiger partial charge in [0.1, 0.15) is 0 Å². The zero-order valence-electron chi connectivity index (χ0n) is 11.4. The molecule has 2 aliphatic heterocycles. The summed E-state index contributed by atoms with van der Waals surface area (Å²) in [6.07, 6.45) is -0.122. The third-order valence-corrected chi connectivity index (χ3v) is 4.20. The van der Waals surface area contributed by atoms with E-state index < -0.39 is 5.79 Å². The van der Waals surface area contributed by atoms with E-state index in [1.54, 1.807) is 12.1 Å². The Morgan fingerprint density at radius 1 is 1.10 bits per heavy atom. The van der Waals surface area contributed by atoms with E-state index in [1.807, 2.05) is 24.3 Å². The molecule has 2 fully saturated rings. The van der Waals surface area contributed by atoms with E-state index in [9.17, 15) is 5.11 Å². The highest BCUT2D eigenvalue weighted by molar-refractivity contribution is 5.84. The molecule has 0 aliphatic carbocycles. The molecule has 2 saturated heterocycles. The minimum absolute atomic E-state index is 0.00199. The molecule has 0 aromatic heterocycles. The van der Waals surface area contributed by atoms with Gasteiger partial charge in [0.2, 0.25) is 0 Å². The Balaban J connectivity index is 1.83. The molecule has 0 radical (unpaired) electrons. The van der Waals surface area contributed by atoms with Gasteiger partial charge in [0.05, 0.1) is 6.61 Å². The first kappa shape index (κ1) is 12.1. The molecule has 2 aliphatic rings. The van der Waals surface area contributed by atoms with Crippen molar-refractivity contribution >= 4 is 10.8 Å². The van der Waals surface area contributed by atoms with Gasteiger partial charge < -0.3 is 9.84 Å². The highest BCUT2D eigenvalue weighted by Crippen LogP contribution is 2.54. The van der Waals surface area contributed by atoms with Crippen molar-refractivity contribution in [3.63, 3.8) is 0 Å². The average Bonchev–Trinajstić information content (AvgIpc) is 2.54. The molecule has 0 bridgehead atoms. The molecule has 4 nitrogen and oxygen atoms in total. The molecule has 0 N–H and O–H groups in total. The van der Waals surface area contributed by atoms with Gasteiger partial charge in [0, 0.05) is 11.0 Å². The van der Waals surface area contributed by atoms with Crippen molar-refractivity contribution in [1.29, 1.82) is 0 Å². The van der Waals surface area contributed by atoms with E-state index in [4.69, 9.17) is 14.5 Å². The van der Waals surface area contributed by atoms with Crippen LogP contribution in [0.4, 0.5) is 0 Å². The van der Waals surface area contributed by atoms with Crippen LogP contribution in [0.25, 0.3) is 10.8 Å². The largest absolute Gasteiger partial charge is 0.872 e. The summed E-state index contributed by atoms with van der Waals surface area (Å²) in [6.45, 7) is 4.77. The van der Waals surface area contributed by atoms with Crippen LogP contribution in [-0.2, 0) is 20.3 Å². The maximum atomic E-state index is 11.5. The van der Waals surface area contributed by atoms with Crippen molar-refractivity contribution in [2.75, 3.05) is 6.61 Å². The molecule has 20 heavy (non-hydrogen) atoms. The Labute approximate surface area is 116 Å². The molecule has 104 valence electrons. The van der Waals surface area contributed by atoms with Gasteiger partial charge in [0.25, 0.3) is 5.79 Å². The smallest absolute Gasteiger partial charge is 0.258 e. The van der Waals surface area contributed by atoms with E-state index in [0.717, 1.165) is 16.3 Å². The first-order valence-corrected chi connectivity index (χ1v) is 6.71. The molecule has 4 rings (SSSR count). The first-order chi connectivity index (χ1) is 9.51. The molecule has 4 heteroatoms. The zero-order chi connectivity index (χ0) is 14.0. The van der Waals surface area contributed by atoms with Crippen molar-refractivity contribution in [2.45, 2.75) is 25.7 Å². The summed E-state index contributed by atoms with van der Waals surface area (Å²) in [5.74, 6) is -0.821. The van der Waals surface area contributed by atoms with Crippen LogP contribution in [0.1, 0.15) is 19.4 Å². The Hall–Kier alpha value is -1.62. The summed E-state index contributed by atoms with van der Waals surface area (Å²) in [5, 5.41) is 13.4. The van der Waals surface area contributed by atoms with Crippen LogP contribution in [0, 0.1) is 5.41 Å². The van der Waals surface area contributed by atoms with Crippen molar-refractivity contribution in [2.24, 2.45) is 5.41 Å². The monoisotopic (exact) mass is 271 g/mol. The van der Waals surface area contributed by atoms with E-state index in [0.29, 0.717) is 6.61 Å². The van der Waals surface area contributed by atoms with Gasteiger partial charge in [-0.15, -0.1) is 5.75 Å². The van der Waals surface area contributed by atoms with Crippen LogP contribution >= 0.6 is 0 Å². The van der Waals surface area contributed by atoms with Gasteiger partial charge in [-0.3, -0.25) is 0 Å². The molecule has 0 amide bonds. The van der Waals surface area contributed by atoms with Gasteiger partial charge in [0.15, 0.2) is 6.10 Å². The number of hydrogen-bond donors (Lipinski definition) is 0. The van der Waals surface area contributed by atoms with Gasteiger partial charge in [-0.1, -0.05) is 44.2 Å². The Kier molecular flexibility index (Phi) is 2.26. The van der Waals surface area contributed by atoms with Crippen LogP contribution in [0.3, 0.4) is 0 Å². The van der Waals surface area contributed by atoms with Gasteiger partial charge in [-0.05, 0) is 16.8 Å². The van der Waals surface area contributed by atoms with E-state index in [2.05, 4.69) is 13.8 Å². The molecule has 2 unspecified atom stereocenters. The third kappa shape index (κ3) is 1.47. The summed E-state index contributed by atoms with van der Waals surface area (Å²) in [4.78, 5) is 10.6. The molecule has 2 atom stereocenters. The predicted molar refractivity (Wildman–Crippen MR) is 70.8 cm³/mol. The standard InChI is InChI=1S/C16H16O4/c1-15(2)9-18-16(14(15)19-20-16)12-5-3-10-4-6-13(17)8-11(10)7-12/h3-8,14,17H,9H2,1-2H3/p-1. The summed E-state index contributed by atoms with van der Waals surface area (Å²) in [6, 6.07) is 10.9. The highest BCUT2D eigenvalue weighted by atomic mass is 17.3. The quantitative estimate of drug-likeness (QED) is 0.748. The lowest BCUT2D eigenvalue weighted by Gasteiger charge is -2.44. The molecule has 0 saturated carbocycles. The van der Waals surface area contributed by atoms with Crippen LogP contribution in [0.15, 0.2) is 36.4 Å². The van der Waals surface area contributed by atoms with Crippen molar-refractivity contribution in [1.82, 2.24) is 0 Å². The van der Waals surface area contributed by atoms with Crippen molar-refractivity contribution in [3.05, 3.63) is 42.0 Å². The fourth-order valence-electron chi connectivity index (χ4n) is 3.02. The SMILES string of the molecule is CC1(C)COC2(c3ccc4ccc([O-])cc4c3)OOC12. The van der Waals surface area contributed by atoms with Crippen LogP contribution in [0.5, 0.6) is 5.75 Å². The molecule has 0 spiro atoms. The second kappa shape index (κ2) is 3.73. The lowest BCUT2D eigenvalue weighted by molar-refractivity contribution is -0.568. The van der Waals surface area contributed by atoms with Crippen LogP contribution < -0.4 is 5.11 Å². The summed E-state index contributed by atoms with van der Waals surface area (Å²) in [5.41, 5.74) is 0.811. The van der Waals surface area contributed by atoms with E-state index in [1.165, 1.54) is 0 Å². The third-order valence-electron chi connectivity index (χ3n) is 4.20. The van der Waals surface area contributed by atoms with Crippen molar-refractivity contribution < 1.29 is 19.6 Å². The van der Waals surface area contributed by atoms with Gasteiger partial charge in [-0.25, -0.2) is 4.89 Å². The lowest BCUT2D eigenvalue weighted by Crippen LogP contribution is -2.55. The number of hydrogen-bond acceptors (Lipinski definition) is 4. The minimum Gasteiger partial charge on any atom is -0.872 e. The summed E-state index contributed by atoms with van der Waals surface area (Å²) < 4.78 is 5.89. The van der Waals surface area contributed by atoms with E-state index in [-0.39, 0.29) is 17.3 Å². The lowest BCUT2D eigenvalue weighted by atomic mass is 9.82. The molecular weight excluding hydrogens is 256 g/mol. The molecule has 2 heterocycles. The van der Waals surface area contributed by atoms with Crippen LogP contribution in [0.2, 0.25) is 0 Å². The number of ether oxygens (including phenoxy) is 1. The van der Waals surface area contributed by atoms with Gasteiger partial charge >= 0.3 is 0 Å². The molecular formula is C16H15O4-. The molecule has 2 aromatic rings. The first-order valence-electron chi connectivity index (χ1n) is 6.71. The molecule has 2 aromatic carbocycles. The zero-order valence-corrected chi connectivity index (χ0v) is 11.4. The highest BCUT2D eigenvalue weighted by Gasteiger charge is 2.66. The fourth-order valence-corrected chi connectivity index (χ4v) is 3.02. The van der Waals surface area contributed by atoms with Crippen molar-refractivity contribution in [3.8, 4) is 5.75 Å². The Morgan fingerprint density at radius 3 is 2.60 bits per heavy atom. The number of fused-ring (bicyclic) bond motifs is 2. The number of rotatable bonds is 1. The summed E-state index contributed by atoms with van der Waals surface area (Å²) in [7, 11) is 0. The normalized spacial score (nSPS) is 31.0.